The first kappa shape index (κ1) is 15.7. The van der Waals surface area contributed by atoms with Gasteiger partial charge < -0.3 is 18.9 Å². The van der Waals surface area contributed by atoms with Gasteiger partial charge in [-0.1, -0.05) is 12.2 Å². The molecule has 2 rings (SSSR count). The SMILES string of the molecule is C=CCC1(CC=C)OC(C)(C)O[C@@H]1[C@@H]1COC(C)(C)O1. The standard InChI is InChI=1S/C16H26O4/c1-7-9-16(10-8-2)13(19-15(5,6)20-16)12-11-17-14(3,4)18-12/h7-8,12-13H,1-2,9-11H2,3-6H3/t12-,13+/m0/s1. The highest BCUT2D eigenvalue weighted by Crippen LogP contribution is 2.45. The number of hydrogen-bond acceptors (Lipinski definition) is 4. The average Bonchev–Trinajstić information content (AvgIpc) is 2.77. The Morgan fingerprint density at radius 3 is 2.05 bits per heavy atom. The Labute approximate surface area is 121 Å². The summed E-state index contributed by atoms with van der Waals surface area (Å²) in [4.78, 5) is 0. The molecule has 0 aromatic carbocycles. The quantitative estimate of drug-likeness (QED) is 0.726. The third kappa shape index (κ3) is 2.98. The molecule has 0 aromatic rings. The predicted octanol–water partition coefficient (Wildman–Crippen LogP) is 3.18. The van der Waals surface area contributed by atoms with Crippen molar-refractivity contribution in [1.82, 2.24) is 0 Å². The molecule has 0 N–H and O–H groups in total. The van der Waals surface area contributed by atoms with E-state index >= 15 is 0 Å². The normalized spacial score (nSPS) is 34.0. The minimum atomic E-state index is -0.646. The summed E-state index contributed by atoms with van der Waals surface area (Å²) in [6, 6.07) is 0. The molecule has 0 amide bonds. The van der Waals surface area contributed by atoms with Crippen molar-refractivity contribution in [2.75, 3.05) is 6.61 Å². The van der Waals surface area contributed by atoms with Crippen molar-refractivity contribution in [3.8, 4) is 0 Å². The summed E-state index contributed by atoms with van der Waals surface area (Å²) < 4.78 is 24.0. The average molecular weight is 282 g/mol. The Morgan fingerprint density at radius 2 is 1.60 bits per heavy atom. The lowest BCUT2D eigenvalue weighted by molar-refractivity contribution is -0.176. The second kappa shape index (κ2) is 5.26. The molecule has 0 spiro atoms. The minimum Gasteiger partial charge on any atom is -0.348 e. The molecule has 0 aliphatic carbocycles. The lowest BCUT2D eigenvalue weighted by atomic mass is 9.86. The van der Waals surface area contributed by atoms with Crippen molar-refractivity contribution in [3.63, 3.8) is 0 Å². The van der Waals surface area contributed by atoms with Crippen LogP contribution in [0, 0.1) is 0 Å². The van der Waals surface area contributed by atoms with Gasteiger partial charge in [0.2, 0.25) is 0 Å². The van der Waals surface area contributed by atoms with Gasteiger partial charge in [-0.15, -0.1) is 13.2 Å². The summed E-state index contributed by atoms with van der Waals surface area (Å²) in [6.45, 7) is 15.9. The molecular weight excluding hydrogens is 256 g/mol. The van der Waals surface area contributed by atoms with E-state index in [1.807, 2.05) is 39.8 Å². The van der Waals surface area contributed by atoms with Crippen molar-refractivity contribution < 1.29 is 18.9 Å². The molecule has 2 saturated heterocycles. The molecule has 2 fully saturated rings. The first-order valence-corrected chi connectivity index (χ1v) is 7.15. The van der Waals surface area contributed by atoms with E-state index in [1.54, 1.807) is 0 Å². The molecule has 20 heavy (non-hydrogen) atoms. The lowest BCUT2D eigenvalue weighted by Gasteiger charge is -2.33. The van der Waals surface area contributed by atoms with Crippen LogP contribution < -0.4 is 0 Å². The van der Waals surface area contributed by atoms with Crippen molar-refractivity contribution >= 4 is 0 Å². The zero-order valence-electron chi connectivity index (χ0n) is 13.0. The fraction of sp³-hybridized carbons (Fsp3) is 0.750. The lowest BCUT2D eigenvalue weighted by Crippen LogP contribution is -2.47. The van der Waals surface area contributed by atoms with Gasteiger partial charge in [-0.05, 0) is 40.5 Å². The Bertz CT molecular complexity index is 376. The van der Waals surface area contributed by atoms with Gasteiger partial charge in [0.15, 0.2) is 11.6 Å². The van der Waals surface area contributed by atoms with Crippen LogP contribution >= 0.6 is 0 Å². The van der Waals surface area contributed by atoms with E-state index in [0.29, 0.717) is 19.4 Å². The van der Waals surface area contributed by atoms with Crippen molar-refractivity contribution in [2.45, 2.75) is 69.9 Å². The van der Waals surface area contributed by atoms with Gasteiger partial charge in [0.1, 0.15) is 17.8 Å². The summed E-state index contributed by atoms with van der Waals surface area (Å²) in [7, 11) is 0. The Kier molecular flexibility index (Phi) is 4.13. The summed E-state index contributed by atoms with van der Waals surface area (Å²) in [5, 5.41) is 0. The van der Waals surface area contributed by atoms with Crippen molar-refractivity contribution in [1.29, 1.82) is 0 Å². The maximum Gasteiger partial charge on any atom is 0.164 e. The summed E-state index contributed by atoms with van der Waals surface area (Å²) >= 11 is 0. The number of ether oxygens (including phenoxy) is 4. The van der Waals surface area contributed by atoms with Gasteiger partial charge in [-0.2, -0.15) is 0 Å². The van der Waals surface area contributed by atoms with Crippen LogP contribution in [0.1, 0.15) is 40.5 Å². The van der Waals surface area contributed by atoms with E-state index in [1.165, 1.54) is 0 Å². The zero-order valence-corrected chi connectivity index (χ0v) is 13.0. The van der Waals surface area contributed by atoms with Crippen LogP contribution in [-0.4, -0.2) is 36.0 Å². The topological polar surface area (TPSA) is 36.9 Å². The maximum absolute atomic E-state index is 6.21. The highest BCUT2D eigenvalue weighted by molar-refractivity contribution is 5.07. The molecule has 4 nitrogen and oxygen atoms in total. The molecule has 2 aliphatic rings. The monoisotopic (exact) mass is 282 g/mol. The second-order valence-electron chi connectivity index (χ2n) is 6.46. The third-order valence-corrected chi connectivity index (χ3v) is 3.73. The van der Waals surface area contributed by atoms with Crippen LogP contribution in [0.15, 0.2) is 25.3 Å². The molecule has 0 saturated carbocycles. The van der Waals surface area contributed by atoms with Crippen LogP contribution in [0.3, 0.4) is 0 Å². The molecule has 114 valence electrons. The third-order valence-electron chi connectivity index (χ3n) is 3.73. The van der Waals surface area contributed by atoms with E-state index in [9.17, 15) is 0 Å². The van der Waals surface area contributed by atoms with E-state index in [-0.39, 0.29) is 12.2 Å². The smallest absolute Gasteiger partial charge is 0.164 e. The molecule has 2 atom stereocenters. The van der Waals surface area contributed by atoms with Gasteiger partial charge in [-0.3, -0.25) is 0 Å². The Morgan fingerprint density at radius 1 is 1.00 bits per heavy atom. The second-order valence-corrected chi connectivity index (χ2v) is 6.46. The van der Waals surface area contributed by atoms with Gasteiger partial charge >= 0.3 is 0 Å². The van der Waals surface area contributed by atoms with Gasteiger partial charge in [-0.25, -0.2) is 0 Å². The minimum absolute atomic E-state index is 0.147. The van der Waals surface area contributed by atoms with E-state index in [2.05, 4.69) is 13.2 Å². The zero-order chi connectivity index (χ0) is 15.0. The van der Waals surface area contributed by atoms with Gasteiger partial charge in [0.25, 0.3) is 0 Å². The summed E-state index contributed by atoms with van der Waals surface area (Å²) in [5.41, 5.74) is -0.485. The fourth-order valence-corrected chi connectivity index (χ4v) is 3.15. The van der Waals surface area contributed by atoms with Crippen LogP contribution in [0.25, 0.3) is 0 Å². The predicted molar refractivity (Wildman–Crippen MR) is 77.3 cm³/mol. The molecule has 0 unspecified atom stereocenters. The Balaban J connectivity index is 2.27. The largest absolute Gasteiger partial charge is 0.348 e. The molecule has 4 heteroatoms. The molecule has 0 bridgehead atoms. The molecule has 0 aromatic heterocycles. The highest BCUT2D eigenvalue weighted by Gasteiger charge is 2.57. The summed E-state index contributed by atoms with van der Waals surface area (Å²) in [6.07, 6.45) is 4.76. The van der Waals surface area contributed by atoms with Crippen LogP contribution in [0.2, 0.25) is 0 Å². The number of rotatable bonds is 5. The summed E-state index contributed by atoms with van der Waals surface area (Å²) in [5.74, 6) is -1.22. The highest BCUT2D eigenvalue weighted by atomic mass is 16.8. The first-order chi connectivity index (χ1) is 9.24. The maximum atomic E-state index is 6.21. The van der Waals surface area contributed by atoms with E-state index in [4.69, 9.17) is 18.9 Å². The van der Waals surface area contributed by atoms with E-state index in [0.717, 1.165) is 0 Å². The van der Waals surface area contributed by atoms with Crippen LogP contribution in [0.5, 0.6) is 0 Å². The van der Waals surface area contributed by atoms with Gasteiger partial charge in [0, 0.05) is 0 Å². The molecule has 2 heterocycles. The fourth-order valence-electron chi connectivity index (χ4n) is 3.15. The number of hydrogen-bond donors (Lipinski definition) is 0. The van der Waals surface area contributed by atoms with Crippen molar-refractivity contribution in [3.05, 3.63) is 25.3 Å². The Hall–Kier alpha value is -0.680. The molecule has 2 aliphatic heterocycles. The molecular formula is C16H26O4. The van der Waals surface area contributed by atoms with Crippen LogP contribution in [-0.2, 0) is 18.9 Å². The van der Waals surface area contributed by atoms with E-state index < -0.39 is 17.2 Å². The van der Waals surface area contributed by atoms with Crippen molar-refractivity contribution in [2.24, 2.45) is 0 Å². The molecule has 0 radical (unpaired) electrons. The van der Waals surface area contributed by atoms with Gasteiger partial charge in [0.05, 0.1) is 6.61 Å². The van der Waals surface area contributed by atoms with Crippen LogP contribution in [0.4, 0.5) is 0 Å². The first-order valence-electron chi connectivity index (χ1n) is 7.15.